The van der Waals surface area contributed by atoms with Gasteiger partial charge in [0.15, 0.2) is 0 Å². The number of aryl methyl sites for hydroxylation is 1. The smallest absolute Gasteiger partial charge is 0.244 e. The number of rotatable bonds is 4. The maximum Gasteiger partial charge on any atom is 0.244 e. The summed E-state index contributed by atoms with van der Waals surface area (Å²) in [6, 6.07) is 13.2. The third-order valence-corrected chi connectivity index (χ3v) is 6.79. The second kappa shape index (κ2) is 11.1. The summed E-state index contributed by atoms with van der Waals surface area (Å²) >= 11 is 12.8. The van der Waals surface area contributed by atoms with Crippen LogP contribution in [-0.4, -0.2) is 36.1 Å². The van der Waals surface area contributed by atoms with Crippen molar-refractivity contribution in [1.82, 2.24) is 35.5 Å². The summed E-state index contributed by atoms with van der Waals surface area (Å²) < 4.78 is 1.52. The summed E-state index contributed by atoms with van der Waals surface area (Å²) in [5.41, 5.74) is 4.42. The molecule has 0 radical (unpaired) electrons. The number of carbonyl (C=O) groups excluding carboxylic acids is 1. The van der Waals surface area contributed by atoms with Crippen molar-refractivity contribution in [2.45, 2.75) is 44.6 Å². The van der Waals surface area contributed by atoms with E-state index in [9.17, 15) is 4.79 Å². The molecule has 2 aromatic heterocycles. The van der Waals surface area contributed by atoms with E-state index in [1.807, 2.05) is 12.1 Å². The topological polar surface area (TPSA) is 101 Å². The lowest BCUT2D eigenvalue weighted by molar-refractivity contribution is -0.117. The lowest BCUT2D eigenvalue weighted by Crippen LogP contribution is -2.27. The number of hydrogen-bond donors (Lipinski definition) is 2. The SMILES string of the molecule is O=C(C=Cc1cc(Cl)ccc1-n1cnnn1)N[C@H]1CCCCCCc2ccccc2-c2nc1[nH]c2Cl. The number of nitrogens with zero attached hydrogens (tertiary/aromatic N) is 5. The number of amides is 1. The van der Waals surface area contributed by atoms with Crippen molar-refractivity contribution < 1.29 is 4.79 Å². The van der Waals surface area contributed by atoms with E-state index in [0.717, 1.165) is 49.8 Å². The van der Waals surface area contributed by atoms with E-state index >= 15 is 0 Å². The number of H-pyrrole nitrogens is 1. The van der Waals surface area contributed by atoms with Crippen LogP contribution in [0.15, 0.2) is 54.9 Å². The van der Waals surface area contributed by atoms with Gasteiger partial charge in [-0.05, 0) is 59.5 Å². The average Bonchev–Trinajstić information content (AvgIpc) is 3.54. The van der Waals surface area contributed by atoms with Crippen molar-refractivity contribution >= 4 is 35.2 Å². The second-order valence-electron chi connectivity index (χ2n) is 8.75. The van der Waals surface area contributed by atoms with Gasteiger partial charge in [0.05, 0.1) is 11.7 Å². The van der Waals surface area contributed by atoms with Gasteiger partial charge in [-0.1, -0.05) is 66.7 Å². The molecule has 10 heteroatoms. The first kappa shape index (κ1) is 24.2. The van der Waals surface area contributed by atoms with Crippen molar-refractivity contribution in [3.8, 4) is 16.9 Å². The molecule has 0 saturated heterocycles. The van der Waals surface area contributed by atoms with Crippen molar-refractivity contribution in [2.75, 3.05) is 0 Å². The summed E-state index contributed by atoms with van der Waals surface area (Å²) in [5, 5.41) is 15.4. The normalized spacial score (nSPS) is 16.2. The van der Waals surface area contributed by atoms with E-state index in [-0.39, 0.29) is 11.9 Å². The molecule has 3 heterocycles. The fourth-order valence-electron chi connectivity index (χ4n) is 4.50. The predicted octanol–water partition coefficient (Wildman–Crippen LogP) is 5.74. The zero-order chi connectivity index (χ0) is 24.9. The Morgan fingerprint density at radius 3 is 2.83 bits per heavy atom. The number of hydrogen-bond acceptors (Lipinski definition) is 5. The maximum atomic E-state index is 13.0. The third kappa shape index (κ3) is 5.50. The van der Waals surface area contributed by atoms with Crippen LogP contribution in [0.3, 0.4) is 0 Å². The van der Waals surface area contributed by atoms with Crippen LogP contribution in [-0.2, 0) is 11.2 Å². The Bertz CT molecular complexity index is 1380. The number of fused-ring (bicyclic) bond motifs is 4. The van der Waals surface area contributed by atoms with Gasteiger partial charge in [-0.3, -0.25) is 4.79 Å². The highest BCUT2D eigenvalue weighted by Gasteiger charge is 2.22. The van der Waals surface area contributed by atoms with Crippen LogP contribution >= 0.6 is 23.2 Å². The molecule has 1 atom stereocenters. The third-order valence-electron chi connectivity index (χ3n) is 6.29. The number of benzene rings is 2. The number of nitrogens with one attached hydrogen (secondary N) is 2. The molecule has 184 valence electrons. The zero-order valence-corrected chi connectivity index (χ0v) is 21.0. The molecule has 36 heavy (non-hydrogen) atoms. The van der Waals surface area contributed by atoms with E-state index in [1.165, 1.54) is 22.6 Å². The van der Waals surface area contributed by atoms with Gasteiger partial charge in [0.25, 0.3) is 0 Å². The van der Waals surface area contributed by atoms with Crippen molar-refractivity contribution in [3.63, 3.8) is 0 Å². The number of imidazole rings is 1. The van der Waals surface area contributed by atoms with E-state index in [4.69, 9.17) is 28.2 Å². The molecule has 1 aliphatic rings. The van der Waals surface area contributed by atoms with Gasteiger partial charge in [-0.2, -0.15) is 4.68 Å². The monoisotopic (exact) mass is 521 g/mol. The lowest BCUT2D eigenvalue weighted by Gasteiger charge is -2.16. The number of carbonyl (C=O) groups is 1. The quantitative estimate of drug-likeness (QED) is 0.333. The Morgan fingerprint density at radius 1 is 1.11 bits per heavy atom. The fourth-order valence-corrected chi connectivity index (χ4v) is 4.92. The van der Waals surface area contributed by atoms with E-state index in [1.54, 1.807) is 24.3 Å². The molecule has 0 aliphatic carbocycles. The molecule has 5 rings (SSSR count). The van der Waals surface area contributed by atoms with Gasteiger partial charge in [0, 0.05) is 22.2 Å². The van der Waals surface area contributed by atoms with Crippen LogP contribution < -0.4 is 5.32 Å². The molecule has 0 saturated carbocycles. The number of aromatic nitrogens is 6. The van der Waals surface area contributed by atoms with E-state index in [2.05, 4.69) is 38.0 Å². The molecule has 0 fully saturated rings. The predicted molar refractivity (Wildman–Crippen MR) is 140 cm³/mol. The summed E-state index contributed by atoms with van der Waals surface area (Å²) in [7, 11) is 0. The highest BCUT2D eigenvalue weighted by atomic mass is 35.5. The second-order valence-corrected chi connectivity index (χ2v) is 9.56. The van der Waals surface area contributed by atoms with Crippen molar-refractivity contribution in [2.24, 2.45) is 0 Å². The van der Waals surface area contributed by atoms with Gasteiger partial charge in [-0.15, -0.1) is 5.10 Å². The lowest BCUT2D eigenvalue weighted by atomic mass is 9.98. The molecule has 0 unspecified atom stereocenters. The number of aromatic amines is 1. The van der Waals surface area contributed by atoms with E-state index in [0.29, 0.717) is 27.3 Å². The Labute approximate surface area is 218 Å². The van der Waals surface area contributed by atoms with Crippen LogP contribution in [0.4, 0.5) is 0 Å². The fraction of sp³-hybridized carbons (Fsp3) is 0.269. The van der Waals surface area contributed by atoms with Gasteiger partial charge < -0.3 is 10.3 Å². The molecule has 4 aromatic rings. The van der Waals surface area contributed by atoms with Crippen molar-refractivity contribution in [3.05, 3.63) is 82.0 Å². The molecule has 1 amide bonds. The molecule has 0 spiro atoms. The maximum absolute atomic E-state index is 13.0. The molecule has 2 N–H and O–H groups in total. The Hall–Kier alpha value is -3.49. The van der Waals surface area contributed by atoms with E-state index < -0.39 is 0 Å². The van der Waals surface area contributed by atoms with Crippen LogP contribution in [0, 0.1) is 0 Å². The molecule has 8 nitrogen and oxygen atoms in total. The van der Waals surface area contributed by atoms with Crippen LogP contribution in [0.2, 0.25) is 10.2 Å². The number of tetrazole rings is 1. The largest absolute Gasteiger partial charge is 0.343 e. The first-order valence-electron chi connectivity index (χ1n) is 11.9. The first-order chi connectivity index (χ1) is 17.6. The summed E-state index contributed by atoms with van der Waals surface area (Å²) in [5.74, 6) is 0.411. The Balaban J connectivity index is 1.40. The summed E-state index contributed by atoms with van der Waals surface area (Å²) in [4.78, 5) is 21.0. The minimum atomic E-state index is -0.293. The average molecular weight is 522 g/mol. The van der Waals surface area contributed by atoms with Gasteiger partial charge in [0.1, 0.15) is 23.0 Å². The molecular formula is C26H25Cl2N7O. The minimum Gasteiger partial charge on any atom is -0.343 e. The van der Waals surface area contributed by atoms with Gasteiger partial charge in [-0.25, -0.2) is 4.98 Å². The van der Waals surface area contributed by atoms with Crippen LogP contribution in [0.1, 0.15) is 55.1 Å². The minimum absolute atomic E-state index is 0.246. The van der Waals surface area contributed by atoms with Crippen LogP contribution in [0.5, 0.6) is 0 Å². The molecule has 1 aliphatic heterocycles. The number of halogens is 2. The highest BCUT2D eigenvalue weighted by Crippen LogP contribution is 2.32. The van der Waals surface area contributed by atoms with Gasteiger partial charge >= 0.3 is 0 Å². The van der Waals surface area contributed by atoms with Crippen molar-refractivity contribution in [1.29, 1.82) is 0 Å². The Morgan fingerprint density at radius 2 is 1.97 bits per heavy atom. The molecule has 2 bridgehead atoms. The standard InChI is InChI=1S/C26H25Cl2N7O/c27-19-12-13-22(35-16-29-33-34-35)18(15-19)11-14-23(36)30-21-10-4-2-1-3-7-17-8-5-6-9-20(17)24-25(28)32-26(21)31-24/h5-6,8-9,11-16,21H,1-4,7,10H2,(H,30,36)(H,31,32)/t21-/m0/s1. The zero-order valence-electron chi connectivity index (χ0n) is 19.5. The molecular weight excluding hydrogens is 497 g/mol. The summed E-state index contributed by atoms with van der Waals surface area (Å²) in [6.45, 7) is 0. The summed E-state index contributed by atoms with van der Waals surface area (Å²) in [6.07, 6.45) is 10.7. The molecule has 2 aromatic carbocycles. The first-order valence-corrected chi connectivity index (χ1v) is 12.7. The van der Waals surface area contributed by atoms with Gasteiger partial charge in [0.2, 0.25) is 5.91 Å². The Kier molecular flexibility index (Phi) is 7.44. The van der Waals surface area contributed by atoms with Crippen LogP contribution in [0.25, 0.3) is 23.0 Å². The highest BCUT2D eigenvalue weighted by molar-refractivity contribution is 6.32.